The van der Waals surface area contributed by atoms with Crippen LogP contribution in [0.3, 0.4) is 0 Å². The van der Waals surface area contributed by atoms with E-state index in [0.29, 0.717) is 25.9 Å². The van der Waals surface area contributed by atoms with Gasteiger partial charge in [-0.1, -0.05) is 6.92 Å². The maximum atomic E-state index is 12.9. The largest absolute Gasteiger partial charge is 0.481 e. The summed E-state index contributed by atoms with van der Waals surface area (Å²) in [5.41, 5.74) is -0.865. The number of likely N-dealkylation sites (tertiary alicyclic amines) is 2. The molecule has 2 saturated heterocycles. The van der Waals surface area contributed by atoms with Gasteiger partial charge >= 0.3 is 5.97 Å². The Labute approximate surface area is 149 Å². The first-order valence-electron chi connectivity index (χ1n) is 9.62. The lowest BCUT2D eigenvalue weighted by Crippen LogP contribution is -2.50. The van der Waals surface area contributed by atoms with Crippen LogP contribution in [0.5, 0.6) is 0 Å². The van der Waals surface area contributed by atoms with Crippen LogP contribution in [0.4, 0.5) is 0 Å². The molecule has 140 valence electrons. The molecular formula is C19H30N2O4. The first-order chi connectivity index (χ1) is 11.8. The summed E-state index contributed by atoms with van der Waals surface area (Å²) < 4.78 is 0. The van der Waals surface area contributed by atoms with E-state index >= 15 is 0 Å². The van der Waals surface area contributed by atoms with Crippen LogP contribution in [0, 0.1) is 17.3 Å². The second kappa shape index (κ2) is 6.96. The van der Waals surface area contributed by atoms with Crippen molar-refractivity contribution >= 4 is 17.8 Å². The number of piperidine rings is 1. The summed E-state index contributed by atoms with van der Waals surface area (Å²) in [6.45, 7) is 5.34. The highest BCUT2D eigenvalue weighted by atomic mass is 16.4. The number of carboxylic acids is 1. The van der Waals surface area contributed by atoms with E-state index in [1.807, 2.05) is 4.90 Å². The van der Waals surface area contributed by atoms with Crippen molar-refractivity contribution in [2.45, 2.75) is 64.8 Å². The Morgan fingerprint density at radius 1 is 1.20 bits per heavy atom. The van der Waals surface area contributed by atoms with Crippen LogP contribution in [-0.2, 0) is 14.4 Å². The molecule has 0 radical (unpaired) electrons. The number of carbonyl (C=O) groups is 3. The van der Waals surface area contributed by atoms with E-state index in [1.165, 1.54) is 0 Å². The normalized spacial score (nSPS) is 36.6. The summed E-state index contributed by atoms with van der Waals surface area (Å²) in [5, 5.41) is 9.44. The maximum Gasteiger partial charge on any atom is 0.311 e. The minimum absolute atomic E-state index is 0.0350. The summed E-state index contributed by atoms with van der Waals surface area (Å²) in [6.07, 6.45) is 5.96. The van der Waals surface area contributed by atoms with Gasteiger partial charge in [-0.15, -0.1) is 0 Å². The van der Waals surface area contributed by atoms with Crippen molar-refractivity contribution in [1.29, 1.82) is 0 Å². The molecular weight excluding hydrogens is 320 g/mol. The number of nitrogens with zero attached hydrogens (tertiary/aromatic N) is 2. The third-order valence-corrected chi connectivity index (χ3v) is 6.46. The quantitative estimate of drug-likeness (QED) is 0.846. The maximum absolute atomic E-state index is 12.9. The Balaban J connectivity index is 1.62. The molecule has 6 heteroatoms. The molecule has 2 heterocycles. The zero-order chi connectivity index (χ0) is 18.2. The molecule has 2 aliphatic heterocycles. The van der Waals surface area contributed by atoms with Crippen LogP contribution in [0.15, 0.2) is 0 Å². The lowest BCUT2D eigenvalue weighted by atomic mass is 9.81. The van der Waals surface area contributed by atoms with E-state index in [2.05, 4.69) is 6.92 Å². The van der Waals surface area contributed by atoms with E-state index in [1.54, 1.807) is 11.8 Å². The lowest BCUT2D eigenvalue weighted by molar-refractivity contribution is -0.154. The van der Waals surface area contributed by atoms with Gasteiger partial charge in [0.15, 0.2) is 0 Å². The average molecular weight is 350 g/mol. The number of carbonyl (C=O) groups excluding carboxylic acids is 2. The third-order valence-electron chi connectivity index (χ3n) is 6.46. The monoisotopic (exact) mass is 350 g/mol. The molecule has 1 N–H and O–H groups in total. The predicted molar refractivity (Wildman–Crippen MR) is 92.8 cm³/mol. The van der Waals surface area contributed by atoms with Gasteiger partial charge in [-0.3, -0.25) is 14.4 Å². The Hall–Kier alpha value is -1.59. The minimum Gasteiger partial charge on any atom is -0.481 e. The second-order valence-electron chi connectivity index (χ2n) is 8.59. The van der Waals surface area contributed by atoms with Gasteiger partial charge in [0.05, 0.1) is 11.3 Å². The van der Waals surface area contributed by atoms with Gasteiger partial charge < -0.3 is 14.9 Å². The fraction of sp³-hybridized carbons (Fsp3) is 0.842. The Morgan fingerprint density at radius 3 is 2.52 bits per heavy atom. The number of hydrogen-bond donors (Lipinski definition) is 1. The van der Waals surface area contributed by atoms with Gasteiger partial charge in [-0.05, 0) is 51.4 Å². The molecule has 2 unspecified atom stereocenters. The molecule has 0 bridgehead atoms. The van der Waals surface area contributed by atoms with Crippen molar-refractivity contribution in [3.05, 3.63) is 0 Å². The van der Waals surface area contributed by atoms with Crippen LogP contribution >= 0.6 is 0 Å². The van der Waals surface area contributed by atoms with Crippen molar-refractivity contribution < 1.29 is 19.5 Å². The summed E-state index contributed by atoms with van der Waals surface area (Å²) in [5.74, 6) is -0.356. The molecule has 25 heavy (non-hydrogen) atoms. The first kappa shape index (κ1) is 18.2. The Bertz CT molecular complexity index is 556. The second-order valence-corrected chi connectivity index (χ2v) is 8.59. The van der Waals surface area contributed by atoms with E-state index in [4.69, 9.17) is 0 Å². The third kappa shape index (κ3) is 3.67. The van der Waals surface area contributed by atoms with Gasteiger partial charge in [-0.25, -0.2) is 0 Å². The van der Waals surface area contributed by atoms with Crippen molar-refractivity contribution in [3.63, 3.8) is 0 Å². The number of hydrogen-bond acceptors (Lipinski definition) is 3. The molecule has 6 nitrogen and oxygen atoms in total. The van der Waals surface area contributed by atoms with Crippen LogP contribution in [0.2, 0.25) is 0 Å². The van der Waals surface area contributed by atoms with Crippen LogP contribution in [-0.4, -0.2) is 58.4 Å². The average Bonchev–Trinajstić information content (AvgIpc) is 2.96. The highest BCUT2D eigenvalue weighted by Gasteiger charge is 2.44. The lowest BCUT2D eigenvalue weighted by Gasteiger charge is -2.38. The number of rotatable bonds is 3. The van der Waals surface area contributed by atoms with Crippen LogP contribution in [0.25, 0.3) is 0 Å². The predicted octanol–water partition coefficient (Wildman–Crippen LogP) is 2.13. The smallest absolute Gasteiger partial charge is 0.311 e. The highest BCUT2D eigenvalue weighted by molar-refractivity contribution is 5.90. The standard InChI is InChI=1S/C19H30N2O4/c1-13-4-6-15(7-5-13)21-11-14(10-16(21)22)17(23)20-9-3-8-19(2,12-20)18(24)25/h13-15H,3-12H2,1-2H3,(H,24,25). The van der Waals surface area contributed by atoms with Gasteiger partial charge in [0, 0.05) is 32.1 Å². The van der Waals surface area contributed by atoms with E-state index < -0.39 is 11.4 Å². The Morgan fingerprint density at radius 2 is 1.88 bits per heavy atom. The number of carboxylic acid groups (broad SMARTS) is 1. The zero-order valence-electron chi connectivity index (χ0n) is 15.4. The van der Waals surface area contributed by atoms with Crippen LogP contribution < -0.4 is 0 Å². The molecule has 3 fully saturated rings. The molecule has 3 aliphatic rings. The first-order valence-corrected chi connectivity index (χ1v) is 9.62. The van der Waals surface area contributed by atoms with Crippen molar-refractivity contribution in [3.8, 4) is 0 Å². The molecule has 0 aromatic carbocycles. The van der Waals surface area contributed by atoms with Gasteiger partial charge in [0.2, 0.25) is 11.8 Å². The van der Waals surface area contributed by atoms with E-state index in [0.717, 1.165) is 31.6 Å². The van der Waals surface area contributed by atoms with Crippen molar-refractivity contribution in [2.75, 3.05) is 19.6 Å². The molecule has 1 saturated carbocycles. The molecule has 0 spiro atoms. The van der Waals surface area contributed by atoms with Crippen LogP contribution in [0.1, 0.15) is 58.8 Å². The number of aliphatic carboxylic acids is 1. The summed E-state index contributed by atoms with van der Waals surface area (Å²) in [6, 6.07) is 0.284. The molecule has 3 rings (SSSR count). The molecule has 2 atom stereocenters. The van der Waals surface area contributed by atoms with E-state index in [-0.39, 0.29) is 36.7 Å². The fourth-order valence-electron chi connectivity index (χ4n) is 4.66. The molecule has 2 amide bonds. The summed E-state index contributed by atoms with van der Waals surface area (Å²) >= 11 is 0. The fourth-order valence-corrected chi connectivity index (χ4v) is 4.66. The minimum atomic E-state index is -0.865. The van der Waals surface area contributed by atoms with Crippen molar-refractivity contribution in [2.24, 2.45) is 17.3 Å². The molecule has 0 aromatic rings. The summed E-state index contributed by atoms with van der Waals surface area (Å²) in [4.78, 5) is 40.5. The Kier molecular flexibility index (Phi) is 5.07. The van der Waals surface area contributed by atoms with Gasteiger partial charge in [0.25, 0.3) is 0 Å². The molecule has 0 aromatic heterocycles. The highest BCUT2D eigenvalue weighted by Crippen LogP contribution is 2.34. The topological polar surface area (TPSA) is 77.9 Å². The number of amides is 2. The van der Waals surface area contributed by atoms with E-state index in [9.17, 15) is 19.5 Å². The van der Waals surface area contributed by atoms with Gasteiger partial charge in [0.1, 0.15) is 0 Å². The summed E-state index contributed by atoms with van der Waals surface area (Å²) in [7, 11) is 0. The van der Waals surface area contributed by atoms with Crippen molar-refractivity contribution in [1.82, 2.24) is 9.80 Å². The molecule has 1 aliphatic carbocycles. The SMILES string of the molecule is CC1CCC(N2CC(C(=O)N3CCCC(C)(C(=O)O)C3)CC2=O)CC1. The van der Waals surface area contributed by atoms with Gasteiger partial charge in [-0.2, -0.15) is 0 Å². The zero-order valence-corrected chi connectivity index (χ0v) is 15.4.